The highest BCUT2D eigenvalue weighted by Crippen LogP contribution is 2.48. The lowest BCUT2D eigenvalue weighted by Crippen LogP contribution is -2.31. The summed E-state index contributed by atoms with van der Waals surface area (Å²) in [4.78, 5) is 21.9. The smallest absolute Gasteiger partial charge is 0.269 e. The molecule has 1 aromatic carbocycles. The Balaban J connectivity index is 2.65. The van der Waals surface area contributed by atoms with E-state index in [2.05, 4.69) is 31.9 Å². The second kappa shape index (κ2) is 4.15. The van der Waals surface area contributed by atoms with Gasteiger partial charge in [0, 0.05) is 18.6 Å². The van der Waals surface area contributed by atoms with E-state index in [1.165, 1.54) is 18.2 Å². The number of aliphatic hydroxyl groups is 1. The van der Waals surface area contributed by atoms with E-state index in [-0.39, 0.29) is 17.9 Å². The fourth-order valence-corrected chi connectivity index (χ4v) is 2.79. The zero-order valence-corrected chi connectivity index (χ0v) is 11.6. The Labute approximate surface area is 113 Å². The van der Waals surface area contributed by atoms with Crippen LogP contribution in [0.25, 0.3) is 0 Å². The van der Waals surface area contributed by atoms with Crippen LogP contribution in [0, 0.1) is 10.1 Å². The number of nitrogens with zero attached hydrogens (tertiary/aromatic N) is 1. The topological polar surface area (TPSA) is 80.4 Å². The van der Waals surface area contributed by atoms with Gasteiger partial charge in [-0.05, 0) is 17.2 Å². The number of nitro benzene ring substituents is 1. The third-order valence-corrected chi connectivity index (χ3v) is 4.41. The maximum Gasteiger partial charge on any atom is 0.269 e. The first-order valence-electron chi connectivity index (χ1n) is 4.72. The highest BCUT2D eigenvalue weighted by Gasteiger charge is 2.43. The summed E-state index contributed by atoms with van der Waals surface area (Å²) in [7, 11) is 0. The lowest BCUT2D eigenvalue weighted by atomic mass is 9.88. The molecule has 0 aliphatic heterocycles. The number of non-ortho nitro benzene ring substituents is 1. The Morgan fingerprint density at radius 1 is 1.47 bits per heavy atom. The lowest BCUT2D eigenvalue weighted by molar-refractivity contribution is -0.384. The minimum Gasteiger partial charge on any atom is -0.388 e. The number of ketones is 1. The fraction of sp³-hybridized carbons (Fsp3) is 0.300. The number of halogens is 2. The SMILES string of the molecule is O=C1CC(O)c2ccc([N+](=O)[O-])cc2C1(Br)Br. The van der Waals surface area contributed by atoms with Crippen molar-refractivity contribution in [1.29, 1.82) is 0 Å². The fourth-order valence-electron chi connectivity index (χ4n) is 1.78. The number of rotatable bonds is 1. The molecular formula is C10H7Br2NO4. The second-order valence-corrected chi connectivity index (χ2v) is 7.19. The number of alkyl halides is 2. The molecular weight excluding hydrogens is 358 g/mol. The van der Waals surface area contributed by atoms with Crippen molar-refractivity contribution < 1.29 is 14.8 Å². The summed E-state index contributed by atoms with van der Waals surface area (Å²) in [5.74, 6) is -0.266. The summed E-state index contributed by atoms with van der Waals surface area (Å²) in [6.07, 6.45) is -0.942. The van der Waals surface area contributed by atoms with E-state index in [4.69, 9.17) is 0 Å². The van der Waals surface area contributed by atoms with E-state index < -0.39 is 14.3 Å². The molecule has 2 rings (SSSR count). The van der Waals surface area contributed by atoms with E-state index in [1.807, 2.05) is 0 Å². The van der Waals surface area contributed by atoms with Crippen molar-refractivity contribution in [2.75, 3.05) is 0 Å². The van der Waals surface area contributed by atoms with Crippen LogP contribution in [0.15, 0.2) is 18.2 Å². The number of nitro groups is 1. The van der Waals surface area contributed by atoms with Gasteiger partial charge in [-0.25, -0.2) is 0 Å². The van der Waals surface area contributed by atoms with Gasteiger partial charge in [0.2, 0.25) is 0 Å². The third-order valence-electron chi connectivity index (χ3n) is 2.67. The third kappa shape index (κ3) is 2.02. The highest BCUT2D eigenvalue weighted by atomic mass is 79.9. The van der Waals surface area contributed by atoms with Crippen molar-refractivity contribution in [1.82, 2.24) is 0 Å². The first-order chi connectivity index (χ1) is 7.84. The number of aliphatic hydroxyl groups excluding tert-OH is 1. The first kappa shape index (κ1) is 12.7. The molecule has 0 heterocycles. The normalized spacial score (nSPS) is 22.1. The van der Waals surface area contributed by atoms with Crippen LogP contribution in [0.1, 0.15) is 23.7 Å². The van der Waals surface area contributed by atoms with Crippen LogP contribution < -0.4 is 0 Å². The van der Waals surface area contributed by atoms with Crippen LogP contribution in [0.5, 0.6) is 0 Å². The van der Waals surface area contributed by atoms with Crippen LogP contribution in [-0.2, 0) is 8.03 Å². The van der Waals surface area contributed by atoms with Crippen LogP contribution in [-0.4, -0.2) is 15.8 Å². The molecule has 1 aliphatic carbocycles. The molecule has 1 atom stereocenters. The van der Waals surface area contributed by atoms with Crippen LogP contribution >= 0.6 is 31.9 Å². The van der Waals surface area contributed by atoms with Crippen molar-refractivity contribution in [2.24, 2.45) is 0 Å². The summed E-state index contributed by atoms with van der Waals surface area (Å²) in [5, 5.41) is 20.4. The summed E-state index contributed by atoms with van der Waals surface area (Å²) in [6.45, 7) is 0. The van der Waals surface area contributed by atoms with Gasteiger partial charge in [-0.15, -0.1) is 0 Å². The standard InChI is InChI=1S/C10H7Br2NO4/c11-10(12)7-3-5(13(16)17)1-2-6(7)8(14)4-9(10)15/h1-3,8,14H,4H2. The molecule has 0 saturated heterocycles. The average molecular weight is 365 g/mol. The highest BCUT2D eigenvalue weighted by molar-refractivity contribution is 9.25. The van der Waals surface area contributed by atoms with Gasteiger partial charge in [0.15, 0.2) is 9.02 Å². The molecule has 1 aromatic rings. The minimum absolute atomic E-state index is 0.0265. The van der Waals surface area contributed by atoms with Gasteiger partial charge >= 0.3 is 0 Å². The Morgan fingerprint density at radius 3 is 2.71 bits per heavy atom. The molecule has 1 N–H and O–H groups in total. The van der Waals surface area contributed by atoms with Gasteiger partial charge in [0.1, 0.15) is 0 Å². The molecule has 0 bridgehead atoms. The summed E-state index contributed by atoms with van der Waals surface area (Å²) in [6, 6.07) is 4.08. The van der Waals surface area contributed by atoms with Crippen molar-refractivity contribution >= 4 is 43.3 Å². The number of hydrogen-bond acceptors (Lipinski definition) is 4. The van der Waals surface area contributed by atoms with Crippen LogP contribution in [0.3, 0.4) is 0 Å². The number of carbonyl (C=O) groups is 1. The molecule has 0 spiro atoms. The Hall–Kier alpha value is -0.790. The van der Waals surface area contributed by atoms with Crippen molar-refractivity contribution in [2.45, 2.75) is 15.8 Å². The molecule has 1 aliphatic rings. The molecule has 0 radical (unpaired) electrons. The molecule has 0 aromatic heterocycles. The van der Waals surface area contributed by atoms with Crippen LogP contribution in [0.4, 0.5) is 5.69 Å². The molecule has 0 fully saturated rings. The van der Waals surface area contributed by atoms with E-state index in [0.717, 1.165) is 0 Å². The van der Waals surface area contributed by atoms with Crippen LogP contribution in [0.2, 0.25) is 0 Å². The predicted molar refractivity (Wildman–Crippen MR) is 67.2 cm³/mol. The van der Waals surface area contributed by atoms with Gasteiger partial charge < -0.3 is 5.11 Å². The van der Waals surface area contributed by atoms with E-state index in [9.17, 15) is 20.0 Å². The minimum atomic E-state index is -1.15. The molecule has 5 nitrogen and oxygen atoms in total. The number of hydrogen-bond donors (Lipinski definition) is 1. The average Bonchev–Trinajstić information content (AvgIpc) is 2.26. The number of fused-ring (bicyclic) bond motifs is 1. The first-order valence-corrected chi connectivity index (χ1v) is 6.30. The van der Waals surface area contributed by atoms with Gasteiger partial charge in [-0.1, -0.05) is 31.9 Å². The lowest BCUT2D eigenvalue weighted by Gasteiger charge is -2.30. The van der Waals surface area contributed by atoms with E-state index in [1.54, 1.807) is 0 Å². The molecule has 17 heavy (non-hydrogen) atoms. The largest absolute Gasteiger partial charge is 0.388 e. The quantitative estimate of drug-likeness (QED) is 0.471. The van der Waals surface area contributed by atoms with Gasteiger partial charge in [-0.2, -0.15) is 0 Å². The monoisotopic (exact) mass is 363 g/mol. The predicted octanol–water partition coefficient (Wildman–Crippen LogP) is 2.54. The number of benzene rings is 1. The summed E-state index contributed by atoms with van der Waals surface area (Å²) >= 11 is 6.40. The van der Waals surface area contributed by atoms with Crippen molar-refractivity contribution in [3.8, 4) is 0 Å². The number of carbonyl (C=O) groups excluding carboxylic acids is 1. The zero-order chi connectivity index (χ0) is 12.8. The second-order valence-electron chi connectivity index (χ2n) is 3.75. The van der Waals surface area contributed by atoms with E-state index >= 15 is 0 Å². The Bertz CT molecular complexity index is 515. The maximum atomic E-state index is 11.7. The molecule has 7 heteroatoms. The van der Waals surface area contributed by atoms with Gasteiger partial charge in [-0.3, -0.25) is 14.9 Å². The Kier molecular flexibility index (Phi) is 3.09. The Morgan fingerprint density at radius 2 is 2.12 bits per heavy atom. The van der Waals surface area contributed by atoms with Gasteiger partial charge in [0.25, 0.3) is 5.69 Å². The van der Waals surface area contributed by atoms with Crippen molar-refractivity contribution in [3.63, 3.8) is 0 Å². The zero-order valence-electron chi connectivity index (χ0n) is 8.39. The van der Waals surface area contributed by atoms with Crippen molar-refractivity contribution in [3.05, 3.63) is 39.4 Å². The maximum absolute atomic E-state index is 11.7. The molecule has 1 unspecified atom stereocenters. The molecule has 90 valence electrons. The number of Topliss-reactive ketones (excluding diaryl/α,β-unsaturated/α-hetero) is 1. The summed E-state index contributed by atoms with van der Waals surface area (Å²) in [5.41, 5.74) is 0.785. The molecule has 0 saturated carbocycles. The molecule has 0 amide bonds. The van der Waals surface area contributed by atoms with E-state index in [0.29, 0.717) is 11.1 Å². The van der Waals surface area contributed by atoms with Gasteiger partial charge in [0.05, 0.1) is 11.0 Å². The summed E-state index contributed by atoms with van der Waals surface area (Å²) < 4.78 is -1.15.